The molecule has 0 aliphatic heterocycles. The molecule has 65 heavy (non-hydrogen) atoms. The van der Waals surface area contributed by atoms with Gasteiger partial charge < -0.3 is 43.4 Å². The number of nitrogens with one attached hydrogen (secondary N) is 7. The predicted molar refractivity (Wildman–Crippen MR) is 249 cm³/mol. The molecule has 1 aliphatic carbocycles. The number of carbonyl (C=O) groups is 6. The van der Waals surface area contributed by atoms with Gasteiger partial charge in [-0.05, 0) is 84.0 Å². The number of primary amides is 1. The second kappa shape index (κ2) is 22.7. The van der Waals surface area contributed by atoms with E-state index < -0.39 is 65.7 Å². The second-order valence-corrected chi connectivity index (χ2v) is 16.5. The van der Waals surface area contributed by atoms with Crippen LogP contribution in [0.25, 0.3) is 10.8 Å². The minimum absolute atomic E-state index is 0.0440. The summed E-state index contributed by atoms with van der Waals surface area (Å²) in [7, 11) is 0. The molecule has 5 aromatic carbocycles. The van der Waals surface area contributed by atoms with Gasteiger partial charge in [0.05, 0.1) is 6.54 Å². The Kier molecular flexibility index (Phi) is 16.4. The van der Waals surface area contributed by atoms with Crippen LogP contribution < -0.4 is 43.4 Å². The zero-order valence-corrected chi connectivity index (χ0v) is 36.2. The molecule has 1 aliphatic rings. The average molecular weight is 880 g/mol. The summed E-state index contributed by atoms with van der Waals surface area (Å²) in [4.78, 5) is 82.8. The van der Waals surface area contributed by atoms with Gasteiger partial charge in [-0.3, -0.25) is 34.2 Å². The molecule has 0 unspecified atom stereocenters. The maximum atomic E-state index is 14.8. The Morgan fingerprint density at radius 2 is 1.18 bits per heavy atom. The molecular weight excluding hydrogens is 823 g/mol. The zero-order chi connectivity index (χ0) is 46.2. The van der Waals surface area contributed by atoms with E-state index in [9.17, 15) is 28.8 Å². The largest absolute Gasteiger partial charge is 0.370 e. The minimum atomic E-state index is -1.36. The van der Waals surface area contributed by atoms with E-state index in [0.29, 0.717) is 31.2 Å². The molecule has 338 valence electrons. The molecule has 0 bridgehead atoms. The van der Waals surface area contributed by atoms with Crippen molar-refractivity contribution in [3.8, 4) is 0 Å². The van der Waals surface area contributed by atoms with E-state index in [1.807, 2.05) is 91.0 Å². The summed E-state index contributed by atoms with van der Waals surface area (Å²) in [6, 6.07) is 37.5. The number of benzene rings is 5. The fourth-order valence-electron chi connectivity index (χ4n) is 8.26. The summed E-state index contributed by atoms with van der Waals surface area (Å²) in [6.45, 7) is -0.257. The first-order valence-electron chi connectivity index (χ1n) is 21.9. The van der Waals surface area contributed by atoms with Crippen LogP contribution in [0.4, 0.5) is 0 Å². The number of nitrogens with two attached hydrogens (primary N) is 2. The Labute approximate surface area is 378 Å². The highest BCUT2D eigenvalue weighted by Crippen LogP contribution is 2.38. The first kappa shape index (κ1) is 46.9. The predicted octanol–water partition coefficient (Wildman–Crippen LogP) is 3.47. The molecule has 15 heteroatoms. The number of fused-ring (bicyclic) bond motifs is 1. The molecule has 0 saturated heterocycles. The van der Waals surface area contributed by atoms with Gasteiger partial charge in [0.15, 0.2) is 5.96 Å². The van der Waals surface area contributed by atoms with Gasteiger partial charge in [0, 0.05) is 24.9 Å². The maximum absolute atomic E-state index is 14.8. The number of guanidine groups is 1. The van der Waals surface area contributed by atoms with Crippen LogP contribution in [0, 0.1) is 5.41 Å². The lowest BCUT2D eigenvalue weighted by atomic mass is 9.73. The summed E-state index contributed by atoms with van der Waals surface area (Å²) in [6.07, 6.45) is 2.23. The van der Waals surface area contributed by atoms with Crippen LogP contribution in [-0.2, 0) is 36.8 Å². The number of amides is 6. The number of hydrogen-bond donors (Lipinski definition) is 9. The highest BCUT2D eigenvalue weighted by atomic mass is 16.2. The molecular formula is C50H57N9O6. The monoisotopic (exact) mass is 879 g/mol. The van der Waals surface area contributed by atoms with Gasteiger partial charge in [-0.2, -0.15) is 0 Å². The topological polar surface area (TPSA) is 250 Å². The van der Waals surface area contributed by atoms with Crippen LogP contribution in [0.3, 0.4) is 0 Å². The minimum Gasteiger partial charge on any atom is -0.370 e. The van der Waals surface area contributed by atoms with Gasteiger partial charge in [0.2, 0.25) is 29.5 Å². The van der Waals surface area contributed by atoms with Crippen molar-refractivity contribution in [1.82, 2.24) is 31.9 Å². The molecule has 11 N–H and O–H groups in total. The maximum Gasteiger partial charge on any atom is 0.252 e. The van der Waals surface area contributed by atoms with Crippen molar-refractivity contribution in [2.24, 2.45) is 11.5 Å². The second-order valence-electron chi connectivity index (χ2n) is 16.5. The van der Waals surface area contributed by atoms with Gasteiger partial charge in [0.1, 0.15) is 23.7 Å². The molecule has 6 amide bonds. The van der Waals surface area contributed by atoms with E-state index >= 15 is 0 Å². The third-order valence-corrected chi connectivity index (χ3v) is 11.8. The van der Waals surface area contributed by atoms with Crippen molar-refractivity contribution in [2.75, 3.05) is 13.1 Å². The molecule has 6 rings (SSSR count). The van der Waals surface area contributed by atoms with Gasteiger partial charge in [-0.15, -0.1) is 0 Å². The quantitative estimate of drug-likeness (QED) is 0.0317. The number of carbonyl (C=O) groups excluding carboxylic acids is 6. The van der Waals surface area contributed by atoms with Gasteiger partial charge in [-0.1, -0.05) is 121 Å². The molecule has 1 saturated carbocycles. The summed E-state index contributed by atoms with van der Waals surface area (Å²) in [5.41, 5.74) is 12.5. The van der Waals surface area contributed by atoms with Gasteiger partial charge >= 0.3 is 0 Å². The van der Waals surface area contributed by atoms with Crippen molar-refractivity contribution >= 4 is 52.2 Å². The third kappa shape index (κ3) is 13.5. The Bertz CT molecular complexity index is 2440. The van der Waals surface area contributed by atoms with Crippen molar-refractivity contribution in [2.45, 2.75) is 80.9 Å². The Balaban J connectivity index is 1.26. The number of hydrogen-bond acceptors (Lipinski definition) is 7. The highest BCUT2D eigenvalue weighted by Gasteiger charge is 2.45. The fraction of sp³-hybridized carbons (Fsp3) is 0.300. The van der Waals surface area contributed by atoms with E-state index in [1.54, 1.807) is 30.3 Å². The van der Waals surface area contributed by atoms with Crippen molar-refractivity contribution in [3.05, 3.63) is 156 Å². The van der Waals surface area contributed by atoms with E-state index in [1.165, 1.54) is 0 Å². The molecule has 0 radical (unpaired) electrons. The lowest BCUT2D eigenvalue weighted by molar-refractivity contribution is -0.135. The van der Waals surface area contributed by atoms with E-state index in [-0.39, 0.29) is 44.1 Å². The molecule has 5 aromatic rings. The molecule has 1 fully saturated rings. The first-order valence-corrected chi connectivity index (χ1v) is 21.9. The van der Waals surface area contributed by atoms with E-state index in [2.05, 4.69) is 44.0 Å². The number of rotatable bonds is 20. The standard InChI is InChI=1S/C50H57N9O6/c51-43(60)32-55-45(62)41(31-34-22-23-36-17-10-11-20-39(36)29-34)57-46(63)40(21-12-28-54-49(52)53)56-47(64)42(30-33-13-4-1-5-14-33)58-48(65)50(59-44(61)38-18-8-3-9-19-38)26-24-37(25-27-50)35-15-6-2-7-16-35/h1-11,13-20,22-23,29,37,40-42H,12,21,24-28,30-32H2,(H2,51,60)(H,55,62)(H,56,64)(H,57,63)(H,58,65)(H,59,61)(H4,52,53,54)/t37-,40-,41-,42+,50+/m0/s1. The highest BCUT2D eigenvalue weighted by molar-refractivity contribution is 6.01. The Hall–Kier alpha value is -7.55. The lowest BCUT2D eigenvalue weighted by Crippen LogP contribution is -2.64. The molecule has 0 heterocycles. The smallest absolute Gasteiger partial charge is 0.252 e. The summed E-state index contributed by atoms with van der Waals surface area (Å²) in [5, 5.41) is 26.4. The van der Waals surface area contributed by atoms with Crippen molar-refractivity contribution < 1.29 is 28.8 Å². The van der Waals surface area contributed by atoms with Crippen LogP contribution in [0.5, 0.6) is 0 Å². The van der Waals surface area contributed by atoms with Gasteiger partial charge in [0.25, 0.3) is 5.91 Å². The Morgan fingerprint density at radius 1 is 0.615 bits per heavy atom. The normalized spacial score (nSPS) is 17.0. The zero-order valence-electron chi connectivity index (χ0n) is 36.2. The van der Waals surface area contributed by atoms with Crippen molar-refractivity contribution in [1.29, 1.82) is 5.41 Å². The van der Waals surface area contributed by atoms with Crippen LogP contribution in [0.2, 0.25) is 0 Å². The summed E-state index contributed by atoms with van der Waals surface area (Å²) >= 11 is 0. The van der Waals surface area contributed by atoms with Crippen LogP contribution in [-0.4, -0.2) is 78.2 Å². The average Bonchev–Trinajstić information content (AvgIpc) is 3.32. The molecule has 0 spiro atoms. The van der Waals surface area contributed by atoms with Gasteiger partial charge in [-0.25, -0.2) is 0 Å². The lowest BCUT2D eigenvalue weighted by Gasteiger charge is -2.40. The van der Waals surface area contributed by atoms with Crippen LogP contribution >= 0.6 is 0 Å². The SMILES string of the molecule is N=C(N)NCCC[C@H](NC(=O)[C@@H](Cc1ccccc1)NC(=O)[C@]1(NC(=O)c2ccccc2)CC[C@@H](c2ccccc2)CC1)C(=O)N[C@@H](Cc1ccc2ccccc2c1)C(=O)NCC(N)=O. The van der Waals surface area contributed by atoms with E-state index in [4.69, 9.17) is 16.9 Å². The fourth-order valence-corrected chi connectivity index (χ4v) is 8.26. The third-order valence-electron chi connectivity index (χ3n) is 11.8. The Morgan fingerprint density at radius 3 is 1.85 bits per heavy atom. The molecule has 15 nitrogen and oxygen atoms in total. The van der Waals surface area contributed by atoms with Crippen molar-refractivity contribution in [3.63, 3.8) is 0 Å². The van der Waals surface area contributed by atoms with E-state index in [0.717, 1.165) is 27.5 Å². The molecule has 3 atom stereocenters. The molecule has 0 aromatic heterocycles. The summed E-state index contributed by atoms with van der Waals surface area (Å²) < 4.78 is 0. The summed E-state index contributed by atoms with van der Waals surface area (Å²) in [5.74, 6) is -3.86. The first-order chi connectivity index (χ1) is 31.4. The van der Waals surface area contributed by atoms with Crippen LogP contribution in [0.15, 0.2) is 133 Å². The van der Waals surface area contributed by atoms with Crippen LogP contribution in [0.1, 0.15) is 71.5 Å².